The van der Waals surface area contributed by atoms with Gasteiger partial charge in [-0.25, -0.2) is 8.42 Å². The first-order valence-corrected chi connectivity index (χ1v) is 16.0. The van der Waals surface area contributed by atoms with E-state index in [1.807, 2.05) is 69.3 Å². The van der Waals surface area contributed by atoms with E-state index >= 15 is 0 Å². The molecule has 0 saturated heterocycles. The highest BCUT2D eigenvalue weighted by atomic mass is 35.5. The van der Waals surface area contributed by atoms with Gasteiger partial charge in [0.05, 0.1) is 19.1 Å². The molecule has 0 aliphatic rings. The molecule has 1 atom stereocenters. The first-order chi connectivity index (χ1) is 19.8. The lowest BCUT2D eigenvalue weighted by atomic mass is 10.00. The van der Waals surface area contributed by atoms with Crippen molar-refractivity contribution in [2.45, 2.75) is 58.2 Å². The molecule has 0 fully saturated rings. The summed E-state index contributed by atoms with van der Waals surface area (Å²) in [6.07, 6.45) is 1.66. The van der Waals surface area contributed by atoms with Crippen LogP contribution in [0.3, 0.4) is 0 Å². The fourth-order valence-corrected chi connectivity index (χ4v) is 5.80. The topological polar surface area (TPSA) is 96.0 Å². The second kappa shape index (κ2) is 14.6. The zero-order valence-electron chi connectivity index (χ0n) is 24.8. The number of benzene rings is 3. The summed E-state index contributed by atoms with van der Waals surface area (Å²) in [4.78, 5) is 29.2. The van der Waals surface area contributed by atoms with Gasteiger partial charge in [-0.1, -0.05) is 72.3 Å². The number of ether oxygens (including phenoxy) is 1. The number of carbonyl (C=O) groups is 2. The SMILES string of the molecule is COc1ccccc1N(CCCC(=O)N(Cc1ccccc1Cl)[C@H](Cc1ccccc1)C(=O)NC(C)(C)C)S(C)(=O)=O. The zero-order chi connectivity index (χ0) is 30.9. The number of anilines is 1. The summed E-state index contributed by atoms with van der Waals surface area (Å²) >= 11 is 6.49. The number of hydrogen-bond donors (Lipinski definition) is 1. The van der Waals surface area contributed by atoms with Crippen LogP contribution in [0.25, 0.3) is 0 Å². The largest absolute Gasteiger partial charge is 0.495 e. The maximum absolute atomic E-state index is 14.0. The third-order valence-electron chi connectivity index (χ3n) is 6.57. The second-order valence-electron chi connectivity index (χ2n) is 11.2. The van der Waals surface area contributed by atoms with Crippen LogP contribution in [0, 0.1) is 0 Å². The van der Waals surface area contributed by atoms with Crippen molar-refractivity contribution in [3.63, 3.8) is 0 Å². The Labute approximate surface area is 254 Å². The molecule has 1 N–H and O–H groups in total. The van der Waals surface area contributed by atoms with E-state index in [2.05, 4.69) is 5.32 Å². The van der Waals surface area contributed by atoms with E-state index in [4.69, 9.17) is 16.3 Å². The normalized spacial score (nSPS) is 12.3. The molecule has 226 valence electrons. The van der Waals surface area contributed by atoms with Crippen LogP contribution in [0.2, 0.25) is 5.02 Å². The van der Waals surface area contributed by atoms with Crippen LogP contribution < -0.4 is 14.4 Å². The average molecular weight is 614 g/mol. The number of carbonyl (C=O) groups excluding carboxylic acids is 2. The molecule has 10 heteroatoms. The average Bonchev–Trinajstić information content (AvgIpc) is 2.92. The summed E-state index contributed by atoms with van der Waals surface area (Å²) in [6.45, 7) is 5.85. The lowest BCUT2D eigenvalue weighted by Gasteiger charge is -2.34. The zero-order valence-corrected chi connectivity index (χ0v) is 26.4. The first kappa shape index (κ1) is 32.9. The van der Waals surface area contributed by atoms with E-state index in [1.54, 1.807) is 35.2 Å². The van der Waals surface area contributed by atoms with Gasteiger partial charge < -0.3 is 15.0 Å². The van der Waals surface area contributed by atoms with Crippen molar-refractivity contribution >= 4 is 39.1 Å². The lowest BCUT2D eigenvalue weighted by Crippen LogP contribution is -2.54. The number of rotatable bonds is 13. The standard InChI is InChI=1S/C32H40ClN3O5S/c1-32(2,3)34-31(38)28(22-24-14-7-6-8-15-24)35(23-25-16-9-10-17-26(25)33)30(37)20-13-21-36(42(5,39)40)27-18-11-12-19-29(27)41-4/h6-12,14-19,28H,13,20-23H2,1-5H3,(H,34,38)/t28-/m1/s1. The van der Waals surface area contributed by atoms with Crippen LogP contribution in [0.5, 0.6) is 5.75 Å². The van der Waals surface area contributed by atoms with Crippen molar-refractivity contribution in [3.05, 3.63) is 95.0 Å². The molecule has 3 aromatic rings. The molecule has 3 aromatic carbocycles. The van der Waals surface area contributed by atoms with Gasteiger partial charge in [-0.05, 0) is 56.5 Å². The predicted octanol–water partition coefficient (Wildman–Crippen LogP) is 5.45. The Kier molecular flexibility index (Phi) is 11.4. The van der Waals surface area contributed by atoms with Crippen molar-refractivity contribution in [1.29, 1.82) is 0 Å². The van der Waals surface area contributed by atoms with Gasteiger partial charge in [0.25, 0.3) is 0 Å². The minimum atomic E-state index is -3.67. The molecule has 0 saturated carbocycles. The van der Waals surface area contributed by atoms with Gasteiger partial charge in [0, 0.05) is 36.5 Å². The van der Waals surface area contributed by atoms with Gasteiger partial charge in [0.15, 0.2) is 0 Å². The highest BCUT2D eigenvalue weighted by Gasteiger charge is 2.32. The van der Waals surface area contributed by atoms with Crippen molar-refractivity contribution in [2.75, 3.05) is 24.2 Å². The fourth-order valence-electron chi connectivity index (χ4n) is 4.64. The number of nitrogens with one attached hydrogen (secondary N) is 1. The summed E-state index contributed by atoms with van der Waals surface area (Å²) in [5.41, 5.74) is 1.49. The number of sulfonamides is 1. The summed E-state index contributed by atoms with van der Waals surface area (Å²) < 4.78 is 32.1. The Morgan fingerprint density at radius 2 is 1.57 bits per heavy atom. The van der Waals surface area contributed by atoms with Crippen LogP contribution in [0.1, 0.15) is 44.7 Å². The molecular formula is C32H40ClN3O5S. The number of methoxy groups -OCH3 is 1. The minimum absolute atomic E-state index is 0.0136. The number of nitrogens with zero attached hydrogens (tertiary/aromatic N) is 2. The van der Waals surface area contributed by atoms with Crippen molar-refractivity contribution in [3.8, 4) is 5.75 Å². The molecule has 0 radical (unpaired) electrons. The molecule has 8 nitrogen and oxygen atoms in total. The van der Waals surface area contributed by atoms with Gasteiger partial charge in [-0.3, -0.25) is 13.9 Å². The van der Waals surface area contributed by atoms with E-state index in [9.17, 15) is 18.0 Å². The molecule has 0 heterocycles. The molecular weight excluding hydrogens is 574 g/mol. The van der Waals surface area contributed by atoms with Crippen LogP contribution >= 0.6 is 11.6 Å². The predicted molar refractivity (Wildman–Crippen MR) is 168 cm³/mol. The van der Waals surface area contributed by atoms with Gasteiger partial charge in [-0.2, -0.15) is 0 Å². The third kappa shape index (κ3) is 9.49. The third-order valence-corrected chi connectivity index (χ3v) is 8.12. The molecule has 2 amide bonds. The van der Waals surface area contributed by atoms with E-state index in [-0.39, 0.29) is 37.7 Å². The maximum atomic E-state index is 14.0. The van der Waals surface area contributed by atoms with Crippen molar-refractivity contribution < 1.29 is 22.7 Å². The van der Waals surface area contributed by atoms with Gasteiger partial charge in [0.1, 0.15) is 11.8 Å². The van der Waals surface area contributed by atoms with Crippen LogP contribution in [-0.4, -0.2) is 56.6 Å². The Hall–Kier alpha value is -3.56. The van der Waals surface area contributed by atoms with Crippen LogP contribution in [0.4, 0.5) is 5.69 Å². The Morgan fingerprint density at radius 1 is 0.952 bits per heavy atom. The smallest absolute Gasteiger partial charge is 0.243 e. The van der Waals surface area contributed by atoms with Gasteiger partial charge in [-0.15, -0.1) is 0 Å². The Balaban J connectivity index is 1.93. The molecule has 42 heavy (non-hydrogen) atoms. The second-order valence-corrected chi connectivity index (χ2v) is 13.5. The number of amides is 2. The minimum Gasteiger partial charge on any atom is -0.495 e. The molecule has 0 aromatic heterocycles. The highest BCUT2D eigenvalue weighted by molar-refractivity contribution is 7.92. The summed E-state index contributed by atoms with van der Waals surface area (Å²) in [5.74, 6) is -0.150. The summed E-state index contributed by atoms with van der Waals surface area (Å²) in [7, 11) is -2.19. The quantitative estimate of drug-likeness (QED) is 0.277. The van der Waals surface area contributed by atoms with E-state index in [0.717, 1.165) is 11.8 Å². The Morgan fingerprint density at radius 3 is 2.19 bits per heavy atom. The number of halogens is 1. The summed E-state index contributed by atoms with van der Waals surface area (Å²) in [5, 5.41) is 3.53. The fraction of sp³-hybridized carbons (Fsp3) is 0.375. The van der Waals surface area contributed by atoms with Gasteiger partial charge >= 0.3 is 0 Å². The lowest BCUT2D eigenvalue weighted by molar-refractivity contribution is -0.142. The monoisotopic (exact) mass is 613 g/mol. The molecule has 3 rings (SSSR count). The van der Waals surface area contributed by atoms with Crippen LogP contribution in [-0.2, 0) is 32.6 Å². The Bertz CT molecular complexity index is 1460. The van der Waals surface area contributed by atoms with E-state index < -0.39 is 21.6 Å². The highest BCUT2D eigenvalue weighted by Crippen LogP contribution is 2.30. The van der Waals surface area contributed by atoms with Crippen LogP contribution in [0.15, 0.2) is 78.9 Å². The van der Waals surface area contributed by atoms with E-state index in [0.29, 0.717) is 28.4 Å². The number of hydrogen-bond acceptors (Lipinski definition) is 5. The van der Waals surface area contributed by atoms with Crippen molar-refractivity contribution in [2.24, 2.45) is 0 Å². The molecule has 0 aliphatic heterocycles. The summed E-state index contributed by atoms with van der Waals surface area (Å²) in [6, 6.07) is 22.8. The van der Waals surface area contributed by atoms with Crippen molar-refractivity contribution in [1.82, 2.24) is 10.2 Å². The van der Waals surface area contributed by atoms with Gasteiger partial charge in [0.2, 0.25) is 21.8 Å². The molecule has 0 bridgehead atoms. The molecule has 0 aliphatic carbocycles. The molecule has 0 unspecified atom stereocenters. The number of para-hydroxylation sites is 2. The molecule has 0 spiro atoms. The van der Waals surface area contributed by atoms with E-state index in [1.165, 1.54) is 11.4 Å². The maximum Gasteiger partial charge on any atom is 0.243 e. The first-order valence-electron chi connectivity index (χ1n) is 13.8.